The lowest BCUT2D eigenvalue weighted by Gasteiger charge is -2.59. The van der Waals surface area contributed by atoms with Gasteiger partial charge < -0.3 is 14.6 Å². The molecule has 25 heavy (non-hydrogen) atoms. The Morgan fingerprint density at radius 1 is 1.00 bits per heavy atom. The molecule has 138 valence electrons. The Morgan fingerprint density at radius 3 is 2.52 bits per heavy atom. The predicted molar refractivity (Wildman–Crippen MR) is 90.9 cm³/mol. The Labute approximate surface area is 149 Å². The zero-order chi connectivity index (χ0) is 17.4. The van der Waals surface area contributed by atoms with Crippen molar-refractivity contribution < 1.29 is 19.4 Å². The number of aliphatic hydroxyl groups excluding tert-OH is 1. The summed E-state index contributed by atoms with van der Waals surface area (Å²) < 4.78 is 12.4. The molecule has 6 rings (SSSR count). The van der Waals surface area contributed by atoms with Crippen LogP contribution in [0.2, 0.25) is 0 Å². The molecule has 2 heterocycles. The molecule has 0 unspecified atom stereocenters. The third-order valence-corrected chi connectivity index (χ3v) is 10.0. The molecule has 10 atom stereocenters. The van der Waals surface area contributed by atoms with Crippen LogP contribution in [0, 0.1) is 28.6 Å². The van der Waals surface area contributed by atoms with Gasteiger partial charge in [-0.15, -0.1) is 0 Å². The van der Waals surface area contributed by atoms with Crippen molar-refractivity contribution in [2.24, 2.45) is 28.6 Å². The highest BCUT2D eigenvalue weighted by Gasteiger charge is 2.82. The zero-order valence-electron chi connectivity index (χ0n) is 15.6. The van der Waals surface area contributed by atoms with Gasteiger partial charge in [0.1, 0.15) is 5.60 Å². The molecule has 4 saturated carbocycles. The predicted octanol–water partition coefficient (Wildman–Crippen LogP) is 2.86. The van der Waals surface area contributed by atoms with Crippen LogP contribution in [-0.2, 0) is 14.3 Å². The molecular weight excluding hydrogens is 316 g/mol. The molecule has 0 radical (unpaired) electrons. The average Bonchev–Trinajstić information content (AvgIpc) is 3.42. The van der Waals surface area contributed by atoms with E-state index in [1.165, 1.54) is 6.42 Å². The summed E-state index contributed by atoms with van der Waals surface area (Å²) in [6.07, 6.45) is 7.66. The maximum atomic E-state index is 12.5. The van der Waals surface area contributed by atoms with Crippen LogP contribution in [-0.4, -0.2) is 40.4 Å². The number of hydrogen-bond acceptors (Lipinski definition) is 4. The highest BCUT2D eigenvalue weighted by atomic mass is 16.6. The van der Waals surface area contributed by atoms with Gasteiger partial charge in [-0.1, -0.05) is 13.8 Å². The van der Waals surface area contributed by atoms with Crippen LogP contribution < -0.4 is 0 Å². The minimum absolute atomic E-state index is 0.0180. The maximum Gasteiger partial charge on any atom is 0.164 e. The van der Waals surface area contributed by atoms with Crippen LogP contribution in [0.15, 0.2) is 0 Å². The quantitative estimate of drug-likeness (QED) is 0.742. The number of ketones is 1. The number of hydrogen-bond donors (Lipinski definition) is 1. The Morgan fingerprint density at radius 2 is 1.76 bits per heavy atom. The van der Waals surface area contributed by atoms with Gasteiger partial charge in [0, 0.05) is 17.3 Å². The smallest absolute Gasteiger partial charge is 0.164 e. The second-order valence-corrected chi connectivity index (χ2v) is 10.5. The SMILES string of the molecule is CC(=O)[C@@]12O[C@@H]1C[C@H]1[C@@H]3C[C@@H]4O[C@@]45C[C@@H](O)CC[C@]5(C)[C@H]3CC[C@@]12C. The molecule has 0 aromatic carbocycles. The molecule has 0 aromatic rings. The van der Waals surface area contributed by atoms with Crippen LogP contribution in [0.4, 0.5) is 0 Å². The van der Waals surface area contributed by atoms with E-state index >= 15 is 0 Å². The Balaban J connectivity index is 1.38. The van der Waals surface area contributed by atoms with E-state index in [4.69, 9.17) is 9.47 Å². The summed E-state index contributed by atoms with van der Waals surface area (Å²) >= 11 is 0. The number of carbonyl (C=O) groups is 1. The van der Waals surface area contributed by atoms with Crippen LogP contribution in [0.5, 0.6) is 0 Å². The fourth-order valence-corrected chi connectivity index (χ4v) is 8.72. The summed E-state index contributed by atoms with van der Waals surface area (Å²) in [6, 6.07) is 0. The normalized spacial score (nSPS) is 66.6. The molecule has 1 spiro atoms. The monoisotopic (exact) mass is 346 g/mol. The zero-order valence-corrected chi connectivity index (χ0v) is 15.6. The molecule has 2 aliphatic heterocycles. The number of rotatable bonds is 1. The molecule has 0 aromatic heterocycles. The number of fused-ring (bicyclic) bond motifs is 6. The summed E-state index contributed by atoms with van der Waals surface area (Å²) in [5.41, 5.74) is -0.288. The number of aliphatic hydroxyl groups is 1. The van der Waals surface area contributed by atoms with Crippen molar-refractivity contribution in [1.82, 2.24) is 0 Å². The van der Waals surface area contributed by atoms with Gasteiger partial charge in [0.2, 0.25) is 0 Å². The minimum atomic E-state index is -0.467. The second kappa shape index (κ2) is 4.18. The topological polar surface area (TPSA) is 62.4 Å². The summed E-state index contributed by atoms with van der Waals surface area (Å²) in [6.45, 7) is 6.52. The van der Waals surface area contributed by atoms with Gasteiger partial charge in [-0.05, 0) is 63.2 Å². The molecular formula is C21H30O4. The molecule has 2 saturated heterocycles. The van der Waals surface area contributed by atoms with Gasteiger partial charge in [0.05, 0.1) is 18.3 Å². The summed E-state index contributed by atoms with van der Waals surface area (Å²) in [7, 11) is 0. The van der Waals surface area contributed by atoms with Crippen molar-refractivity contribution in [3.63, 3.8) is 0 Å². The second-order valence-electron chi connectivity index (χ2n) is 10.5. The molecule has 0 amide bonds. The van der Waals surface area contributed by atoms with Gasteiger partial charge in [0.25, 0.3) is 0 Å². The van der Waals surface area contributed by atoms with E-state index in [9.17, 15) is 9.90 Å². The number of Topliss-reactive ketones (excluding diaryl/α,β-unsaturated/α-hetero) is 1. The van der Waals surface area contributed by atoms with Gasteiger partial charge in [-0.25, -0.2) is 0 Å². The lowest BCUT2D eigenvalue weighted by molar-refractivity contribution is -0.145. The van der Waals surface area contributed by atoms with Crippen molar-refractivity contribution >= 4 is 5.78 Å². The van der Waals surface area contributed by atoms with Crippen LogP contribution >= 0.6 is 0 Å². The Kier molecular flexibility index (Phi) is 2.60. The van der Waals surface area contributed by atoms with Gasteiger partial charge in [-0.2, -0.15) is 0 Å². The molecule has 0 bridgehead atoms. The van der Waals surface area contributed by atoms with Crippen LogP contribution in [0.25, 0.3) is 0 Å². The first-order chi connectivity index (χ1) is 11.8. The summed E-state index contributed by atoms with van der Waals surface area (Å²) in [4.78, 5) is 12.5. The third-order valence-electron chi connectivity index (χ3n) is 10.0. The van der Waals surface area contributed by atoms with Gasteiger partial charge in [-0.3, -0.25) is 4.79 Å². The molecule has 6 aliphatic rings. The first-order valence-corrected chi connectivity index (χ1v) is 10.3. The first-order valence-electron chi connectivity index (χ1n) is 10.3. The largest absolute Gasteiger partial charge is 0.393 e. The van der Waals surface area contributed by atoms with Gasteiger partial charge >= 0.3 is 0 Å². The van der Waals surface area contributed by atoms with Crippen molar-refractivity contribution in [2.45, 2.75) is 95.2 Å². The van der Waals surface area contributed by atoms with Gasteiger partial charge in [0.15, 0.2) is 11.4 Å². The third kappa shape index (κ3) is 1.46. The van der Waals surface area contributed by atoms with E-state index in [0.717, 1.165) is 38.5 Å². The van der Waals surface area contributed by atoms with E-state index in [2.05, 4.69) is 13.8 Å². The summed E-state index contributed by atoms with van der Waals surface area (Å²) in [5.74, 6) is 2.19. The first kappa shape index (κ1) is 15.6. The molecule has 1 N–H and O–H groups in total. The van der Waals surface area contributed by atoms with E-state index in [0.29, 0.717) is 23.9 Å². The molecule has 4 aliphatic carbocycles. The molecule has 6 fully saturated rings. The Bertz CT molecular complexity index is 677. The maximum absolute atomic E-state index is 12.5. The van der Waals surface area contributed by atoms with Crippen molar-refractivity contribution in [2.75, 3.05) is 0 Å². The lowest BCUT2D eigenvalue weighted by Crippen LogP contribution is -2.60. The highest BCUT2D eigenvalue weighted by Crippen LogP contribution is 2.77. The molecule has 4 nitrogen and oxygen atoms in total. The standard InChI is InChI=1S/C21H30O4/c1-11(22)21-17(25-21)9-15-13-8-16-20(24-16)10-12(23)4-6-18(20,2)14(13)5-7-19(15,21)3/h12-17,23H,4-10H2,1-3H3/t12-,13+,14-,15-,16-,17+,18+,19-,20-,21+/m0/s1. The Hall–Kier alpha value is -0.450. The average molecular weight is 346 g/mol. The fourth-order valence-electron chi connectivity index (χ4n) is 8.72. The fraction of sp³-hybridized carbons (Fsp3) is 0.952. The van der Waals surface area contributed by atoms with Crippen LogP contribution in [0.1, 0.15) is 65.7 Å². The van der Waals surface area contributed by atoms with E-state index in [1.807, 2.05) is 0 Å². The number of epoxide rings is 2. The van der Waals surface area contributed by atoms with Crippen molar-refractivity contribution in [1.29, 1.82) is 0 Å². The van der Waals surface area contributed by atoms with E-state index < -0.39 is 5.60 Å². The summed E-state index contributed by atoms with van der Waals surface area (Å²) in [5, 5.41) is 10.2. The van der Waals surface area contributed by atoms with Crippen molar-refractivity contribution in [3.05, 3.63) is 0 Å². The van der Waals surface area contributed by atoms with E-state index in [-0.39, 0.29) is 34.4 Å². The lowest BCUT2D eigenvalue weighted by atomic mass is 9.44. The van der Waals surface area contributed by atoms with Crippen LogP contribution in [0.3, 0.4) is 0 Å². The highest BCUT2D eigenvalue weighted by molar-refractivity contribution is 5.90. The van der Waals surface area contributed by atoms with E-state index in [1.54, 1.807) is 6.92 Å². The van der Waals surface area contributed by atoms with Crippen molar-refractivity contribution in [3.8, 4) is 0 Å². The molecule has 4 heteroatoms. The number of carbonyl (C=O) groups excluding carboxylic acids is 1. The number of ether oxygens (including phenoxy) is 2. The minimum Gasteiger partial charge on any atom is -0.393 e.